The van der Waals surface area contributed by atoms with Gasteiger partial charge in [-0.15, -0.1) is 0 Å². The van der Waals surface area contributed by atoms with E-state index in [1.807, 2.05) is 24.3 Å². The van der Waals surface area contributed by atoms with Crippen molar-refractivity contribution in [3.05, 3.63) is 64.1 Å². The molecule has 2 rings (SSSR count). The fourth-order valence-electron chi connectivity index (χ4n) is 2.02. The van der Waals surface area contributed by atoms with Gasteiger partial charge in [-0.1, -0.05) is 40.2 Å². The number of nitrogens with one attached hydrogen (secondary N) is 1. The summed E-state index contributed by atoms with van der Waals surface area (Å²) >= 11 is 3.44. The zero-order chi connectivity index (χ0) is 13.7. The van der Waals surface area contributed by atoms with Crippen molar-refractivity contribution in [3.8, 4) is 0 Å². The van der Waals surface area contributed by atoms with Crippen LogP contribution in [-0.4, -0.2) is 11.1 Å². The van der Waals surface area contributed by atoms with Crippen molar-refractivity contribution in [2.24, 2.45) is 0 Å². The SMILES string of the molecule is CC(Cc1ccc(Br)cc1)Nc1ccc(CO)cc1. The molecule has 1 atom stereocenters. The van der Waals surface area contributed by atoms with Gasteiger partial charge in [-0.2, -0.15) is 0 Å². The lowest BCUT2D eigenvalue weighted by atomic mass is 10.1. The summed E-state index contributed by atoms with van der Waals surface area (Å²) < 4.78 is 1.11. The van der Waals surface area contributed by atoms with E-state index in [0.717, 1.165) is 22.1 Å². The smallest absolute Gasteiger partial charge is 0.0681 e. The second-order valence-electron chi connectivity index (χ2n) is 4.73. The Hall–Kier alpha value is -1.32. The number of aliphatic hydroxyl groups excluding tert-OH is 1. The normalized spacial score (nSPS) is 12.2. The molecular formula is C16H18BrNO. The second-order valence-corrected chi connectivity index (χ2v) is 5.65. The van der Waals surface area contributed by atoms with Crippen LogP contribution in [0.25, 0.3) is 0 Å². The van der Waals surface area contributed by atoms with Gasteiger partial charge < -0.3 is 10.4 Å². The van der Waals surface area contributed by atoms with Gasteiger partial charge in [0.15, 0.2) is 0 Å². The minimum absolute atomic E-state index is 0.0920. The molecular weight excluding hydrogens is 302 g/mol. The van der Waals surface area contributed by atoms with Crippen molar-refractivity contribution in [2.75, 3.05) is 5.32 Å². The summed E-state index contributed by atoms with van der Waals surface area (Å²) in [7, 11) is 0. The molecule has 3 heteroatoms. The van der Waals surface area contributed by atoms with E-state index in [1.165, 1.54) is 5.56 Å². The van der Waals surface area contributed by atoms with E-state index in [1.54, 1.807) is 0 Å². The zero-order valence-electron chi connectivity index (χ0n) is 10.9. The van der Waals surface area contributed by atoms with E-state index >= 15 is 0 Å². The van der Waals surface area contributed by atoms with E-state index in [4.69, 9.17) is 5.11 Å². The first kappa shape index (κ1) is 14.1. The van der Waals surface area contributed by atoms with Crippen LogP contribution >= 0.6 is 15.9 Å². The quantitative estimate of drug-likeness (QED) is 0.873. The molecule has 19 heavy (non-hydrogen) atoms. The molecule has 0 heterocycles. The van der Waals surface area contributed by atoms with E-state index in [0.29, 0.717) is 6.04 Å². The summed E-state index contributed by atoms with van der Waals surface area (Å²) in [6, 6.07) is 16.7. The predicted molar refractivity (Wildman–Crippen MR) is 83.3 cm³/mol. The number of aliphatic hydroxyl groups is 1. The average molecular weight is 320 g/mol. The highest BCUT2D eigenvalue weighted by Crippen LogP contribution is 2.15. The molecule has 0 aromatic heterocycles. The third-order valence-corrected chi connectivity index (χ3v) is 3.53. The molecule has 0 amide bonds. The maximum absolute atomic E-state index is 9.00. The molecule has 2 N–H and O–H groups in total. The van der Waals surface area contributed by atoms with Gasteiger partial charge in [0.05, 0.1) is 6.61 Å². The van der Waals surface area contributed by atoms with Crippen molar-refractivity contribution >= 4 is 21.6 Å². The number of rotatable bonds is 5. The molecule has 0 spiro atoms. The standard InChI is InChI=1S/C16H18BrNO/c1-12(10-13-2-6-15(17)7-3-13)18-16-8-4-14(11-19)5-9-16/h2-9,12,18-19H,10-11H2,1H3. The number of benzene rings is 2. The average Bonchev–Trinajstić information content (AvgIpc) is 2.42. The zero-order valence-corrected chi connectivity index (χ0v) is 12.5. The highest BCUT2D eigenvalue weighted by Gasteiger charge is 2.03. The third-order valence-electron chi connectivity index (χ3n) is 3.00. The van der Waals surface area contributed by atoms with Crippen LogP contribution in [0.3, 0.4) is 0 Å². The summed E-state index contributed by atoms with van der Waals surface area (Å²) in [6.45, 7) is 2.26. The molecule has 0 bridgehead atoms. The van der Waals surface area contributed by atoms with Gasteiger partial charge in [0, 0.05) is 16.2 Å². The van der Waals surface area contributed by atoms with E-state index in [2.05, 4.69) is 52.4 Å². The lowest BCUT2D eigenvalue weighted by Crippen LogP contribution is -2.17. The Labute approximate surface area is 122 Å². The van der Waals surface area contributed by atoms with E-state index in [9.17, 15) is 0 Å². The number of halogens is 1. The van der Waals surface area contributed by atoms with Crippen LogP contribution in [-0.2, 0) is 13.0 Å². The molecule has 100 valence electrons. The number of hydrogen-bond acceptors (Lipinski definition) is 2. The Kier molecular flexibility index (Phi) is 5.00. The summed E-state index contributed by atoms with van der Waals surface area (Å²) in [6.07, 6.45) is 0.981. The molecule has 0 saturated carbocycles. The first-order valence-corrected chi connectivity index (χ1v) is 7.17. The van der Waals surface area contributed by atoms with E-state index in [-0.39, 0.29) is 6.61 Å². The van der Waals surface area contributed by atoms with Gasteiger partial charge in [0.2, 0.25) is 0 Å². The maximum Gasteiger partial charge on any atom is 0.0681 e. The molecule has 2 aromatic carbocycles. The summed E-state index contributed by atoms with van der Waals surface area (Å²) in [4.78, 5) is 0. The van der Waals surface area contributed by atoms with Crippen molar-refractivity contribution in [2.45, 2.75) is 26.0 Å². The Bertz CT molecular complexity index is 507. The van der Waals surface area contributed by atoms with Gasteiger partial charge in [-0.3, -0.25) is 0 Å². The van der Waals surface area contributed by atoms with Gasteiger partial charge in [-0.25, -0.2) is 0 Å². The van der Waals surface area contributed by atoms with Crippen molar-refractivity contribution in [1.82, 2.24) is 0 Å². The molecule has 0 aliphatic rings. The van der Waals surface area contributed by atoms with Crippen LogP contribution in [0.2, 0.25) is 0 Å². The van der Waals surface area contributed by atoms with E-state index < -0.39 is 0 Å². The highest BCUT2D eigenvalue weighted by atomic mass is 79.9. The summed E-state index contributed by atoms with van der Waals surface area (Å²) in [5.74, 6) is 0. The van der Waals surface area contributed by atoms with Crippen molar-refractivity contribution in [1.29, 1.82) is 0 Å². The fraction of sp³-hybridized carbons (Fsp3) is 0.250. The second kappa shape index (κ2) is 6.73. The molecule has 2 aromatic rings. The predicted octanol–water partition coefficient (Wildman–Crippen LogP) is 3.98. The number of anilines is 1. The van der Waals surface area contributed by atoms with Crippen LogP contribution < -0.4 is 5.32 Å². The van der Waals surface area contributed by atoms with Crippen LogP contribution in [0.5, 0.6) is 0 Å². The van der Waals surface area contributed by atoms with Gasteiger partial charge in [0.1, 0.15) is 0 Å². The lowest BCUT2D eigenvalue weighted by Gasteiger charge is -2.15. The summed E-state index contributed by atoms with van der Waals surface area (Å²) in [5, 5.41) is 12.5. The largest absolute Gasteiger partial charge is 0.392 e. The third kappa shape index (κ3) is 4.37. The molecule has 0 fully saturated rings. The van der Waals surface area contributed by atoms with Gasteiger partial charge in [-0.05, 0) is 48.7 Å². The Morgan fingerprint density at radius 2 is 1.58 bits per heavy atom. The molecule has 0 aliphatic carbocycles. The van der Waals surface area contributed by atoms with Crippen LogP contribution in [0.1, 0.15) is 18.1 Å². The lowest BCUT2D eigenvalue weighted by molar-refractivity contribution is 0.282. The van der Waals surface area contributed by atoms with Crippen molar-refractivity contribution in [3.63, 3.8) is 0 Å². The monoisotopic (exact) mass is 319 g/mol. The molecule has 0 aliphatic heterocycles. The minimum atomic E-state index is 0.0920. The Balaban J connectivity index is 1.92. The fourth-order valence-corrected chi connectivity index (χ4v) is 2.28. The van der Waals surface area contributed by atoms with Gasteiger partial charge >= 0.3 is 0 Å². The first-order chi connectivity index (χ1) is 9.17. The summed E-state index contributed by atoms with van der Waals surface area (Å²) in [5.41, 5.74) is 3.34. The van der Waals surface area contributed by atoms with Crippen molar-refractivity contribution < 1.29 is 5.11 Å². The molecule has 1 unspecified atom stereocenters. The Morgan fingerprint density at radius 3 is 2.16 bits per heavy atom. The molecule has 0 saturated heterocycles. The number of hydrogen-bond donors (Lipinski definition) is 2. The van der Waals surface area contributed by atoms with Crippen LogP contribution in [0.4, 0.5) is 5.69 Å². The van der Waals surface area contributed by atoms with Gasteiger partial charge in [0.25, 0.3) is 0 Å². The Morgan fingerprint density at radius 1 is 1.00 bits per heavy atom. The minimum Gasteiger partial charge on any atom is -0.392 e. The maximum atomic E-state index is 9.00. The molecule has 2 nitrogen and oxygen atoms in total. The van der Waals surface area contributed by atoms with Crippen LogP contribution in [0.15, 0.2) is 53.0 Å². The first-order valence-electron chi connectivity index (χ1n) is 6.38. The highest BCUT2D eigenvalue weighted by molar-refractivity contribution is 9.10. The molecule has 0 radical (unpaired) electrons. The topological polar surface area (TPSA) is 32.3 Å². The van der Waals surface area contributed by atoms with Crippen LogP contribution in [0, 0.1) is 0 Å².